The lowest BCUT2D eigenvalue weighted by atomic mass is 9.99. The Hall–Kier alpha value is -9.89. The van der Waals surface area contributed by atoms with Crippen LogP contribution in [0.3, 0.4) is 0 Å². The van der Waals surface area contributed by atoms with Crippen molar-refractivity contribution in [2.24, 2.45) is 0 Å². The Morgan fingerprint density at radius 1 is 0.307 bits per heavy atom. The van der Waals surface area contributed by atoms with E-state index in [4.69, 9.17) is 24.9 Å². The first-order valence-electron chi connectivity index (χ1n) is 25.1. The van der Waals surface area contributed by atoms with Crippen LogP contribution < -0.4 is 0 Å². The minimum atomic E-state index is 0.456. The molecule has 0 N–H and O–H groups in total. The van der Waals surface area contributed by atoms with Crippen LogP contribution in [-0.4, -0.2) is 34.1 Å². The average Bonchev–Trinajstić information content (AvgIpc) is 4.17. The van der Waals surface area contributed by atoms with Gasteiger partial charge in [-0.05, 0) is 70.8 Å². The molecule has 0 aliphatic heterocycles. The van der Waals surface area contributed by atoms with Gasteiger partial charge in [-0.3, -0.25) is 4.57 Å². The van der Waals surface area contributed by atoms with E-state index in [0.717, 1.165) is 72.1 Å². The molecule has 0 spiro atoms. The van der Waals surface area contributed by atoms with E-state index in [1.165, 1.54) is 42.0 Å². The summed E-state index contributed by atoms with van der Waals surface area (Å²) in [5.74, 6) is 2.18. The van der Waals surface area contributed by atoms with Crippen LogP contribution in [0.4, 0.5) is 0 Å². The van der Waals surface area contributed by atoms with Crippen LogP contribution in [0.25, 0.3) is 143 Å². The van der Waals surface area contributed by atoms with Gasteiger partial charge in [0, 0.05) is 64.3 Å². The lowest BCUT2D eigenvalue weighted by molar-refractivity contribution is 0.942. The molecule has 7 nitrogen and oxygen atoms in total. The van der Waals surface area contributed by atoms with Gasteiger partial charge in [-0.1, -0.05) is 200 Å². The second-order valence-corrected chi connectivity index (χ2v) is 19.9. The first kappa shape index (κ1) is 42.8. The van der Waals surface area contributed by atoms with Crippen molar-refractivity contribution in [1.29, 1.82) is 0 Å². The molecule has 10 aromatic carbocycles. The molecule has 8 heteroatoms. The molecule has 0 radical (unpaired) electrons. The van der Waals surface area contributed by atoms with Gasteiger partial charge in [0.05, 0.1) is 27.6 Å². The number of para-hydroxylation sites is 2. The van der Waals surface area contributed by atoms with E-state index in [0.29, 0.717) is 29.1 Å². The Bertz CT molecular complexity index is 4680. The van der Waals surface area contributed by atoms with Crippen molar-refractivity contribution in [2.75, 3.05) is 0 Å². The number of hydrogen-bond donors (Lipinski definition) is 0. The molecule has 0 saturated heterocycles. The number of benzene rings is 10. The number of aromatic nitrogens is 7. The molecule has 0 fully saturated rings. The first-order chi connectivity index (χ1) is 37.2. The van der Waals surface area contributed by atoms with Crippen molar-refractivity contribution < 1.29 is 0 Å². The van der Waals surface area contributed by atoms with E-state index in [9.17, 15) is 0 Å². The fraction of sp³-hybridized carbons (Fsp3) is 0. The van der Waals surface area contributed by atoms with Gasteiger partial charge in [-0.2, -0.15) is 9.97 Å². The number of fused-ring (bicyclic) bond motifs is 9. The van der Waals surface area contributed by atoms with E-state index in [-0.39, 0.29) is 0 Å². The maximum Gasteiger partial charge on any atom is 0.240 e. The van der Waals surface area contributed by atoms with Gasteiger partial charge < -0.3 is 4.57 Å². The molecule has 350 valence electrons. The Morgan fingerprint density at radius 3 is 1.51 bits per heavy atom. The second kappa shape index (κ2) is 17.4. The van der Waals surface area contributed by atoms with Crippen LogP contribution in [0.1, 0.15) is 0 Å². The maximum absolute atomic E-state index is 5.49. The predicted octanol–water partition coefficient (Wildman–Crippen LogP) is 17.2. The summed E-state index contributed by atoms with van der Waals surface area (Å²) in [5.41, 5.74) is 14.0. The quantitative estimate of drug-likeness (QED) is 0.152. The lowest BCUT2D eigenvalue weighted by Crippen LogP contribution is -2.07. The molecule has 0 aliphatic rings. The largest absolute Gasteiger partial charge is 0.309 e. The zero-order valence-corrected chi connectivity index (χ0v) is 41.0. The maximum atomic E-state index is 5.49. The predicted molar refractivity (Wildman–Crippen MR) is 310 cm³/mol. The number of rotatable bonds is 8. The number of hydrogen-bond acceptors (Lipinski definition) is 6. The summed E-state index contributed by atoms with van der Waals surface area (Å²) in [7, 11) is 0. The van der Waals surface area contributed by atoms with E-state index in [2.05, 4.69) is 203 Å². The average molecular weight is 976 g/mol. The van der Waals surface area contributed by atoms with Crippen molar-refractivity contribution in [3.05, 3.63) is 249 Å². The zero-order chi connectivity index (χ0) is 49.4. The van der Waals surface area contributed by atoms with Crippen molar-refractivity contribution in [3.8, 4) is 79.3 Å². The molecule has 0 atom stereocenters. The molecular weight excluding hydrogens is 935 g/mol. The number of nitrogens with zero attached hydrogens (tertiary/aromatic N) is 7. The molecule has 0 bridgehead atoms. The van der Waals surface area contributed by atoms with Gasteiger partial charge in [0.25, 0.3) is 0 Å². The molecule has 0 saturated carbocycles. The second-order valence-electron chi connectivity index (χ2n) is 18.8. The van der Waals surface area contributed by atoms with Gasteiger partial charge in [-0.15, -0.1) is 11.3 Å². The standard InChI is InChI=1S/C67H41N7S/c1-5-18-43(19-6-1)61-60-55-41-48(47-36-38-57-54(40-47)51-26-13-15-30-56(51)73(57)49-24-11-4-12-25-49)37-39-58(55)74(66(60)70-63(68-61)44-20-7-2-8-21-44)67-71-64(45-22-9-3-10-23-45)69-65(72-67)46-34-32-42(33-35-46)50-28-17-29-53-52-27-14-16-31-59(52)75-62(50)53/h1-41H. The topological polar surface area (TPSA) is 74.3 Å². The smallest absolute Gasteiger partial charge is 0.240 e. The van der Waals surface area contributed by atoms with E-state index < -0.39 is 0 Å². The lowest BCUT2D eigenvalue weighted by Gasteiger charge is -2.12. The van der Waals surface area contributed by atoms with E-state index in [1.54, 1.807) is 0 Å². The van der Waals surface area contributed by atoms with Crippen LogP contribution in [0.2, 0.25) is 0 Å². The summed E-state index contributed by atoms with van der Waals surface area (Å²) in [4.78, 5) is 26.9. The molecular formula is C67H41N7S. The molecule has 0 amide bonds. The summed E-state index contributed by atoms with van der Waals surface area (Å²) >= 11 is 1.84. The SMILES string of the molecule is c1ccc(-c2nc(-c3ccc(-c4cccc5c4sc4ccccc45)cc3)nc(-n3c4ccc(-c5ccc6c(c5)c5ccccc5n6-c5ccccc5)cc4c4c(-c5ccccc5)nc(-c5ccccc5)nc43)n2)cc1. The van der Waals surface area contributed by atoms with Crippen LogP contribution in [0.15, 0.2) is 249 Å². The normalized spacial score (nSPS) is 11.7. The van der Waals surface area contributed by atoms with Gasteiger partial charge in [0.1, 0.15) is 0 Å². The first-order valence-corrected chi connectivity index (χ1v) is 25.9. The van der Waals surface area contributed by atoms with E-state index in [1.807, 2.05) is 65.9 Å². The van der Waals surface area contributed by atoms with Crippen molar-refractivity contribution in [2.45, 2.75) is 0 Å². The van der Waals surface area contributed by atoms with Crippen molar-refractivity contribution >= 4 is 75.3 Å². The Balaban J connectivity index is 0.960. The summed E-state index contributed by atoms with van der Waals surface area (Å²) < 4.78 is 7.02. The zero-order valence-electron chi connectivity index (χ0n) is 40.2. The summed E-state index contributed by atoms with van der Waals surface area (Å²) in [6.07, 6.45) is 0. The van der Waals surface area contributed by atoms with Crippen LogP contribution in [0, 0.1) is 0 Å². The Morgan fingerprint density at radius 2 is 0.813 bits per heavy atom. The molecule has 75 heavy (non-hydrogen) atoms. The van der Waals surface area contributed by atoms with Gasteiger partial charge in [0.2, 0.25) is 5.95 Å². The highest BCUT2D eigenvalue weighted by Crippen LogP contribution is 2.43. The van der Waals surface area contributed by atoms with E-state index >= 15 is 0 Å². The monoisotopic (exact) mass is 975 g/mol. The molecule has 15 rings (SSSR count). The molecule has 0 aliphatic carbocycles. The minimum absolute atomic E-state index is 0.456. The number of thiophene rings is 1. The van der Waals surface area contributed by atoms with Crippen molar-refractivity contribution in [3.63, 3.8) is 0 Å². The highest BCUT2D eigenvalue weighted by molar-refractivity contribution is 7.26. The minimum Gasteiger partial charge on any atom is -0.309 e. The fourth-order valence-corrected chi connectivity index (χ4v) is 12.1. The molecule has 5 aromatic heterocycles. The molecule has 15 aromatic rings. The van der Waals surface area contributed by atoms with Crippen LogP contribution in [0.5, 0.6) is 0 Å². The Kier molecular flexibility index (Phi) is 9.93. The summed E-state index contributed by atoms with van der Waals surface area (Å²) in [6, 6.07) is 87.4. The fourth-order valence-electron chi connectivity index (χ4n) is 10.9. The third-order valence-corrected chi connectivity index (χ3v) is 15.6. The Labute approximate surface area is 435 Å². The van der Waals surface area contributed by atoms with Crippen molar-refractivity contribution in [1.82, 2.24) is 34.1 Å². The highest BCUT2D eigenvalue weighted by atomic mass is 32.1. The van der Waals surface area contributed by atoms with Crippen LogP contribution in [-0.2, 0) is 0 Å². The highest BCUT2D eigenvalue weighted by Gasteiger charge is 2.25. The van der Waals surface area contributed by atoms with Gasteiger partial charge >= 0.3 is 0 Å². The summed E-state index contributed by atoms with van der Waals surface area (Å²) in [5, 5.41) is 6.83. The molecule has 0 unspecified atom stereocenters. The summed E-state index contributed by atoms with van der Waals surface area (Å²) in [6.45, 7) is 0. The third-order valence-electron chi connectivity index (χ3n) is 14.4. The molecule has 5 heterocycles. The van der Waals surface area contributed by atoms with Gasteiger partial charge in [-0.25, -0.2) is 15.0 Å². The van der Waals surface area contributed by atoms with Crippen LogP contribution >= 0.6 is 11.3 Å². The van der Waals surface area contributed by atoms with Gasteiger partial charge in [0.15, 0.2) is 23.1 Å². The third kappa shape index (κ3) is 7.14.